The summed E-state index contributed by atoms with van der Waals surface area (Å²) in [4.78, 5) is 16.8. The fourth-order valence-electron chi connectivity index (χ4n) is 3.10. The third-order valence-corrected chi connectivity index (χ3v) is 4.20. The average molecular weight is 271 g/mol. The summed E-state index contributed by atoms with van der Waals surface area (Å²) in [5, 5.41) is 3.09. The van der Waals surface area contributed by atoms with Gasteiger partial charge in [-0.1, -0.05) is 25.3 Å². The monoisotopic (exact) mass is 271 g/mol. The van der Waals surface area contributed by atoms with Gasteiger partial charge in [-0.25, -0.2) is 4.98 Å². The van der Waals surface area contributed by atoms with E-state index in [9.17, 15) is 4.79 Å². The molecule has 4 nitrogen and oxygen atoms in total. The Morgan fingerprint density at radius 2 is 2.15 bits per heavy atom. The number of carbonyl (C=O) groups is 1. The van der Waals surface area contributed by atoms with Crippen LogP contribution < -0.4 is 5.32 Å². The summed E-state index contributed by atoms with van der Waals surface area (Å²) in [5.41, 5.74) is 2.28. The molecule has 0 radical (unpaired) electrons. The predicted molar refractivity (Wildman–Crippen MR) is 78.8 cm³/mol. The summed E-state index contributed by atoms with van der Waals surface area (Å²) >= 11 is 0. The van der Waals surface area contributed by atoms with Crippen LogP contribution >= 0.6 is 0 Å². The molecule has 1 fully saturated rings. The lowest BCUT2D eigenvalue weighted by molar-refractivity contribution is 0.0937. The first-order valence-electron chi connectivity index (χ1n) is 7.47. The van der Waals surface area contributed by atoms with Crippen LogP contribution in [0.1, 0.15) is 48.3 Å². The largest absolute Gasteiger partial charge is 0.350 e. The van der Waals surface area contributed by atoms with Crippen molar-refractivity contribution in [1.82, 2.24) is 14.7 Å². The van der Waals surface area contributed by atoms with Gasteiger partial charge in [0.25, 0.3) is 5.91 Å². The predicted octanol–water partition coefficient (Wildman–Crippen LogP) is 2.95. The van der Waals surface area contributed by atoms with Crippen molar-refractivity contribution in [3.63, 3.8) is 0 Å². The van der Waals surface area contributed by atoms with Crippen molar-refractivity contribution in [3.05, 3.63) is 35.8 Å². The van der Waals surface area contributed by atoms with Crippen molar-refractivity contribution < 1.29 is 4.79 Å². The molecule has 3 rings (SSSR count). The number of rotatable bonds is 3. The lowest BCUT2D eigenvalue weighted by Gasteiger charge is -2.21. The Labute approximate surface area is 119 Å². The molecule has 20 heavy (non-hydrogen) atoms. The van der Waals surface area contributed by atoms with Crippen molar-refractivity contribution >= 4 is 11.6 Å². The molecule has 4 heteroatoms. The Morgan fingerprint density at radius 3 is 2.95 bits per heavy atom. The molecular formula is C16H21N3O. The van der Waals surface area contributed by atoms with Crippen LogP contribution in [-0.2, 0) is 0 Å². The smallest absolute Gasteiger partial charge is 0.270 e. The standard InChI is InChI=1S/C16H21N3O/c1-12-15(19-10-6-5-9-14(19)18-12)16(20)17-11-13-7-3-2-4-8-13/h5-6,9-10,13H,2-4,7-8,11H2,1H3,(H,17,20). The zero-order chi connectivity index (χ0) is 13.9. The second-order valence-electron chi connectivity index (χ2n) is 5.69. The number of aryl methyl sites for hydroxylation is 1. The molecule has 0 aliphatic heterocycles. The molecule has 1 amide bonds. The number of amides is 1. The minimum absolute atomic E-state index is 0.00762. The van der Waals surface area contributed by atoms with Crippen LogP contribution in [0.3, 0.4) is 0 Å². The van der Waals surface area contributed by atoms with Crippen LogP contribution in [-0.4, -0.2) is 21.8 Å². The molecule has 1 aliphatic carbocycles. The Bertz CT molecular complexity index is 611. The summed E-state index contributed by atoms with van der Waals surface area (Å²) in [5.74, 6) is 0.638. The van der Waals surface area contributed by atoms with Gasteiger partial charge in [0.05, 0.1) is 5.69 Å². The van der Waals surface area contributed by atoms with Crippen molar-refractivity contribution in [2.75, 3.05) is 6.54 Å². The summed E-state index contributed by atoms with van der Waals surface area (Å²) in [6, 6.07) is 5.78. The number of carbonyl (C=O) groups excluding carboxylic acids is 1. The Hall–Kier alpha value is -1.84. The van der Waals surface area contributed by atoms with Gasteiger partial charge < -0.3 is 5.32 Å². The number of nitrogens with one attached hydrogen (secondary N) is 1. The first-order chi connectivity index (χ1) is 9.75. The molecule has 0 unspecified atom stereocenters. The molecule has 2 aromatic rings. The van der Waals surface area contributed by atoms with E-state index >= 15 is 0 Å². The summed E-state index contributed by atoms with van der Waals surface area (Å²) in [6.07, 6.45) is 8.32. The van der Waals surface area contributed by atoms with Gasteiger partial charge in [0.15, 0.2) is 0 Å². The number of imidazole rings is 1. The Morgan fingerprint density at radius 1 is 1.35 bits per heavy atom. The highest BCUT2D eigenvalue weighted by atomic mass is 16.1. The normalized spacial score (nSPS) is 16.4. The van der Waals surface area contributed by atoms with Gasteiger partial charge in [-0.2, -0.15) is 0 Å². The van der Waals surface area contributed by atoms with E-state index in [-0.39, 0.29) is 5.91 Å². The number of nitrogens with zero attached hydrogens (tertiary/aromatic N) is 2. The van der Waals surface area contributed by atoms with Gasteiger partial charge in [-0.05, 0) is 37.8 Å². The molecule has 0 spiro atoms. The van der Waals surface area contributed by atoms with Gasteiger partial charge in [-0.3, -0.25) is 9.20 Å². The highest BCUT2D eigenvalue weighted by molar-refractivity contribution is 5.94. The van der Waals surface area contributed by atoms with Gasteiger partial charge >= 0.3 is 0 Å². The minimum atomic E-state index is -0.00762. The lowest BCUT2D eigenvalue weighted by Crippen LogP contribution is -2.31. The maximum absolute atomic E-state index is 12.4. The Kier molecular flexibility index (Phi) is 3.72. The van der Waals surface area contributed by atoms with E-state index in [4.69, 9.17) is 0 Å². The molecule has 0 saturated heterocycles. The van der Waals surface area contributed by atoms with Crippen LogP contribution in [0.5, 0.6) is 0 Å². The van der Waals surface area contributed by atoms with Gasteiger partial charge in [-0.15, -0.1) is 0 Å². The summed E-state index contributed by atoms with van der Waals surface area (Å²) in [7, 11) is 0. The number of fused-ring (bicyclic) bond motifs is 1. The van der Waals surface area contributed by atoms with Crippen LogP contribution in [0.4, 0.5) is 0 Å². The molecule has 1 saturated carbocycles. The third-order valence-electron chi connectivity index (χ3n) is 4.20. The Balaban J connectivity index is 1.73. The van der Waals surface area contributed by atoms with E-state index in [1.165, 1.54) is 32.1 Å². The molecule has 106 valence electrons. The number of hydrogen-bond donors (Lipinski definition) is 1. The molecule has 2 aromatic heterocycles. The maximum atomic E-state index is 12.4. The van der Waals surface area contributed by atoms with Crippen LogP contribution in [0.2, 0.25) is 0 Å². The topological polar surface area (TPSA) is 46.4 Å². The van der Waals surface area contributed by atoms with Crippen molar-refractivity contribution in [3.8, 4) is 0 Å². The minimum Gasteiger partial charge on any atom is -0.350 e. The first-order valence-corrected chi connectivity index (χ1v) is 7.47. The molecular weight excluding hydrogens is 250 g/mol. The SMILES string of the molecule is Cc1nc2ccccn2c1C(=O)NCC1CCCCC1. The summed E-state index contributed by atoms with van der Waals surface area (Å²) in [6.45, 7) is 2.68. The lowest BCUT2D eigenvalue weighted by atomic mass is 9.89. The van der Waals surface area contributed by atoms with Crippen molar-refractivity contribution in [1.29, 1.82) is 0 Å². The molecule has 1 aliphatic rings. The van der Waals surface area contributed by atoms with E-state index < -0.39 is 0 Å². The average Bonchev–Trinajstić information content (AvgIpc) is 2.82. The number of aromatic nitrogens is 2. The second kappa shape index (κ2) is 5.65. The van der Waals surface area contributed by atoms with E-state index in [0.29, 0.717) is 11.6 Å². The summed E-state index contributed by atoms with van der Waals surface area (Å²) < 4.78 is 1.87. The third kappa shape index (κ3) is 2.55. The molecule has 0 aromatic carbocycles. The van der Waals surface area contributed by atoms with Crippen LogP contribution in [0.25, 0.3) is 5.65 Å². The van der Waals surface area contributed by atoms with E-state index in [0.717, 1.165) is 17.9 Å². The zero-order valence-electron chi connectivity index (χ0n) is 11.9. The van der Waals surface area contributed by atoms with Crippen LogP contribution in [0.15, 0.2) is 24.4 Å². The van der Waals surface area contributed by atoms with Crippen LogP contribution in [0, 0.1) is 12.8 Å². The van der Waals surface area contributed by atoms with E-state index in [1.807, 2.05) is 35.7 Å². The second-order valence-corrected chi connectivity index (χ2v) is 5.69. The fraction of sp³-hybridized carbons (Fsp3) is 0.500. The molecule has 2 heterocycles. The van der Waals surface area contributed by atoms with E-state index in [2.05, 4.69) is 10.3 Å². The molecule has 1 N–H and O–H groups in total. The van der Waals surface area contributed by atoms with Gasteiger partial charge in [0.2, 0.25) is 0 Å². The first kappa shape index (κ1) is 13.2. The van der Waals surface area contributed by atoms with Crippen molar-refractivity contribution in [2.24, 2.45) is 5.92 Å². The quantitative estimate of drug-likeness (QED) is 0.933. The highest BCUT2D eigenvalue weighted by Gasteiger charge is 2.18. The molecule has 0 bridgehead atoms. The molecule has 0 atom stereocenters. The van der Waals surface area contributed by atoms with Gasteiger partial charge in [0.1, 0.15) is 11.3 Å². The van der Waals surface area contributed by atoms with E-state index in [1.54, 1.807) is 0 Å². The maximum Gasteiger partial charge on any atom is 0.270 e. The highest BCUT2D eigenvalue weighted by Crippen LogP contribution is 2.23. The number of hydrogen-bond acceptors (Lipinski definition) is 2. The zero-order valence-corrected chi connectivity index (χ0v) is 11.9. The van der Waals surface area contributed by atoms with Gasteiger partial charge in [0, 0.05) is 12.7 Å². The fourth-order valence-corrected chi connectivity index (χ4v) is 3.10. The van der Waals surface area contributed by atoms with Crippen molar-refractivity contribution in [2.45, 2.75) is 39.0 Å². The number of pyridine rings is 1.